The third-order valence-corrected chi connectivity index (χ3v) is 3.98. The van der Waals surface area contributed by atoms with Gasteiger partial charge in [-0.15, -0.1) is 10.2 Å². The summed E-state index contributed by atoms with van der Waals surface area (Å²) in [6.45, 7) is 0. The van der Waals surface area contributed by atoms with E-state index in [1.54, 1.807) is 24.3 Å². The smallest absolute Gasteiger partial charge is 0.146 e. The molecule has 0 bridgehead atoms. The van der Waals surface area contributed by atoms with Crippen LogP contribution < -0.4 is 0 Å². The third kappa shape index (κ3) is 8.10. The summed E-state index contributed by atoms with van der Waals surface area (Å²) in [5.74, 6) is -0.202. The van der Waals surface area contributed by atoms with Gasteiger partial charge < -0.3 is 20.4 Å². The molecule has 33 heavy (non-hydrogen) atoms. The second kappa shape index (κ2) is 12.6. The van der Waals surface area contributed by atoms with Gasteiger partial charge in [-0.2, -0.15) is 10.2 Å². The Labute approximate surface area is 200 Å². The first-order valence-corrected chi connectivity index (χ1v) is 9.49. The van der Waals surface area contributed by atoms with Crippen LogP contribution in [0.3, 0.4) is 0 Å². The van der Waals surface area contributed by atoms with Crippen molar-refractivity contribution in [3.8, 4) is 23.0 Å². The maximum Gasteiger partial charge on any atom is 0.146 e. The summed E-state index contributed by atoms with van der Waals surface area (Å²) >= 11 is 0. The number of benzene rings is 4. The Kier molecular flexibility index (Phi) is 9.57. The van der Waals surface area contributed by atoms with Gasteiger partial charge in [0.05, 0.1) is 11.4 Å². The van der Waals surface area contributed by atoms with Crippen LogP contribution >= 0.6 is 0 Å². The SMILES string of the molecule is Oc1ccc(N=Nc2ccccc2)c(O)c1.Oc1ccc(N=Nc2ccccc2)c(O)c1.[Cu]. The minimum Gasteiger partial charge on any atom is -0.508 e. The van der Waals surface area contributed by atoms with Crippen LogP contribution in [0.4, 0.5) is 22.7 Å². The third-order valence-electron chi connectivity index (χ3n) is 3.98. The number of rotatable bonds is 4. The number of hydrogen-bond donors (Lipinski definition) is 4. The first kappa shape index (κ1) is 25.1. The van der Waals surface area contributed by atoms with E-state index >= 15 is 0 Å². The van der Waals surface area contributed by atoms with Crippen LogP contribution in [0.25, 0.3) is 0 Å². The zero-order valence-electron chi connectivity index (χ0n) is 17.1. The van der Waals surface area contributed by atoms with Gasteiger partial charge in [-0.25, -0.2) is 0 Å². The van der Waals surface area contributed by atoms with Gasteiger partial charge in [-0.3, -0.25) is 0 Å². The molecule has 0 saturated heterocycles. The summed E-state index contributed by atoms with van der Waals surface area (Å²) < 4.78 is 0. The van der Waals surface area contributed by atoms with E-state index in [0.717, 1.165) is 0 Å². The molecule has 0 aromatic heterocycles. The van der Waals surface area contributed by atoms with Crippen molar-refractivity contribution in [2.75, 3.05) is 0 Å². The van der Waals surface area contributed by atoms with Crippen molar-refractivity contribution < 1.29 is 37.5 Å². The molecular formula is C24H20CuN4O4. The van der Waals surface area contributed by atoms with Crippen LogP contribution in [0.2, 0.25) is 0 Å². The average molecular weight is 492 g/mol. The summed E-state index contributed by atoms with van der Waals surface area (Å²) in [5.41, 5.74) is 2.05. The topological polar surface area (TPSA) is 130 Å². The Morgan fingerprint density at radius 3 is 1.12 bits per heavy atom. The minimum atomic E-state index is -0.0975. The molecule has 4 rings (SSSR count). The molecule has 0 unspecified atom stereocenters. The standard InChI is InChI=1S/2C12H10N2O2.Cu/c2*15-10-6-7-11(12(16)8-10)14-13-9-4-2-1-3-5-9;/h2*1-8,15-16H;. The van der Waals surface area contributed by atoms with E-state index in [9.17, 15) is 10.2 Å². The fourth-order valence-electron chi connectivity index (χ4n) is 2.41. The van der Waals surface area contributed by atoms with Gasteiger partial charge in [0.15, 0.2) is 0 Å². The molecule has 4 aromatic rings. The molecule has 0 saturated carbocycles. The predicted molar refractivity (Wildman–Crippen MR) is 121 cm³/mol. The van der Waals surface area contributed by atoms with Crippen LogP contribution in [0.1, 0.15) is 0 Å². The number of azo groups is 2. The van der Waals surface area contributed by atoms with Crippen LogP contribution in [0, 0.1) is 0 Å². The fourth-order valence-corrected chi connectivity index (χ4v) is 2.41. The van der Waals surface area contributed by atoms with Gasteiger partial charge in [0.25, 0.3) is 0 Å². The zero-order valence-corrected chi connectivity index (χ0v) is 18.1. The normalized spacial score (nSPS) is 10.4. The molecule has 9 heteroatoms. The molecule has 0 aliphatic rings. The Morgan fingerprint density at radius 2 is 0.788 bits per heavy atom. The van der Waals surface area contributed by atoms with E-state index in [-0.39, 0.29) is 40.1 Å². The van der Waals surface area contributed by atoms with Crippen molar-refractivity contribution in [1.82, 2.24) is 0 Å². The van der Waals surface area contributed by atoms with Crippen LogP contribution in [-0.4, -0.2) is 20.4 Å². The fraction of sp³-hybridized carbons (Fsp3) is 0. The number of phenolic OH excluding ortho intramolecular Hbond substituents is 4. The van der Waals surface area contributed by atoms with Crippen molar-refractivity contribution in [1.29, 1.82) is 0 Å². The minimum absolute atomic E-state index is 0. The second-order valence-corrected chi connectivity index (χ2v) is 6.42. The summed E-state index contributed by atoms with van der Waals surface area (Å²) in [4.78, 5) is 0. The Bertz CT molecular complexity index is 1120. The number of phenols is 4. The molecule has 171 valence electrons. The Hall–Kier alpha value is -4.20. The van der Waals surface area contributed by atoms with E-state index in [4.69, 9.17) is 10.2 Å². The van der Waals surface area contributed by atoms with Crippen molar-refractivity contribution in [2.24, 2.45) is 20.5 Å². The zero-order chi connectivity index (χ0) is 22.8. The first-order chi connectivity index (χ1) is 15.5. The largest absolute Gasteiger partial charge is 0.508 e. The van der Waals surface area contributed by atoms with Crippen LogP contribution in [-0.2, 0) is 17.1 Å². The van der Waals surface area contributed by atoms with E-state index in [2.05, 4.69) is 20.5 Å². The maximum atomic E-state index is 9.46. The van der Waals surface area contributed by atoms with Crippen molar-refractivity contribution >= 4 is 22.7 Å². The van der Waals surface area contributed by atoms with E-state index in [1.165, 1.54) is 36.4 Å². The molecule has 4 aromatic carbocycles. The summed E-state index contributed by atoms with van der Waals surface area (Å²) in [6, 6.07) is 26.7. The molecule has 0 heterocycles. The molecule has 0 aliphatic heterocycles. The summed E-state index contributed by atoms with van der Waals surface area (Å²) in [6.07, 6.45) is 0. The van der Waals surface area contributed by atoms with Gasteiger partial charge in [0, 0.05) is 29.2 Å². The summed E-state index contributed by atoms with van der Waals surface area (Å²) in [5, 5.41) is 52.8. The Morgan fingerprint density at radius 1 is 0.424 bits per heavy atom. The van der Waals surface area contributed by atoms with Crippen LogP contribution in [0.15, 0.2) is 118 Å². The van der Waals surface area contributed by atoms with E-state index in [1.807, 2.05) is 36.4 Å². The predicted octanol–water partition coefficient (Wildman–Crippen LogP) is 7.02. The van der Waals surface area contributed by atoms with Gasteiger partial charge in [0.2, 0.25) is 0 Å². The van der Waals surface area contributed by atoms with Gasteiger partial charge in [-0.1, -0.05) is 36.4 Å². The molecule has 0 atom stereocenters. The van der Waals surface area contributed by atoms with Crippen LogP contribution in [0.5, 0.6) is 23.0 Å². The number of hydrogen-bond acceptors (Lipinski definition) is 8. The number of nitrogens with zero attached hydrogens (tertiary/aromatic N) is 4. The Balaban J connectivity index is 0.000000227. The van der Waals surface area contributed by atoms with Gasteiger partial charge >= 0.3 is 0 Å². The average Bonchev–Trinajstić information content (AvgIpc) is 2.80. The molecule has 4 N–H and O–H groups in total. The molecule has 0 spiro atoms. The molecule has 0 aliphatic carbocycles. The van der Waals surface area contributed by atoms with E-state index < -0.39 is 0 Å². The molecule has 0 fully saturated rings. The quantitative estimate of drug-likeness (QED) is 0.180. The van der Waals surface area contributed by atoms with Crippen molar-refractivity contribution in [3.05, 3.63) is 97.1 Å². The van der Waals surface area contributed by atoms with Gasteiger partial charge in [0.1, 0.15) is 34.4 Å². The first-order valence-electron chi connectivity index (χ1n) is 9.49. The number of aromatic hydroxyl groups is 4. The molecular weight excluding hydrogens is 472 g/mol. The molecule has 1 radical (unpaired) electrons. The van der Waals surface area contributed by atoms with E-state index in [0.29, 0.717) is 22.7 Å². The second-order valence-electron chi connectivity index (χ2n) is 6.42. The van der Waals surface area contributed by atoms with Crippen molar-refractivity contribution in [2.45, 2.75) is 0 Å². The molecule has 0 amide bonds. The van der Waals surface area contributed by atoms with Gasteiger partial charge in [-0.05, 0) is 48.5 Å². The maximum absolute atomic E-state index is 9.46. The molecule has 8 nitrogen and oxygen atoms in total. The monoisotopic (exact) mass is 491 g/mol. The summed E-state index contributed by atoms with van der Waals surface area (Å²) in [7, 11) is 0. The van der Waals surface area contributed by atoms with Crippen molar-refractivity contribution in [3.63, 3.8) is 0 Å².